The van der Waals surface area contributed by atoms with Gasteiger partial charge in [-0.25, -0.2) is 0 Å². The first kappa shape index (κ1) is 19.2. The monoisotopic (exact) mass is 393 g/mol. The van der Waals surface area contributed by atoms with E-state index in [9.17, 15) is 14.4 Å². The number of benzene rings is 2. The number of carbonyl (C=O) groups is 3. The fraction of sp³-hybridized carbons (Fsp3) is 0.348. The minimum atomic E-state index is -1.47. The first-order chi connectivity index (χ1) is 14.0. The van der Waals surface area contributed by atoms with E-state index in [0.717, 1.165) is 11.1 Å². The number of fused-ring (bicyclic) bond motifs is 3. The zero-order valence-corrected chi connectivity index (χ0v) is 16.6. The van der Waals surface area contributed by atoms with Gasteiger partial charge in [0.1, 0.15) is 11.5 Å². The molecule has 29 heavy (non-hydrogen) atoms. The van der Waals surface area contributed by atoms with Crippen LogP contribution in [0.4, 0.5) is 5.69 Å². The van der Waals surface area contributed by atoms with Crippen molar-refractivity contribution in [3.8, 4) is 5.75 Å². The van der Waals surface area contributed by atoms with Gasteiger partial charge in [0, 0.05) is 17.5 Å². The molecule has 0 unspecified atom stereocenters. The number of methoxy groups -OCH3 is 2. The minimum absolute atomic E-state index is 0.0683. The first-order valence-corrected chi connectivity index (χ1v) is 9.57. The molecule has 1 heterocycles. The second kappa shape index (κ2) is 7.03. The van der Waals surface area contributed by atoms with Crippen LogP contribution in [0.1, 0.15) is 36.3 Å². The van der Waals surface area contributed by atoms with Crippen molar-refractivity contribution in [1.82, 2.24) is 0 Å². The van der Waals surface area contributed by atoms with Crippen molar-refractivity contribution in [3.05, 3.63) is 59.7 Å². The fourth-order valence-electron chi connectivity index (χ4n) is 5.23. The highest BCUT2D eigenvalue weighted by Crippen LogP contribution is 2.63. The van der Waals surface area contributed by atoms with Gasteiger partial charge in [0.25, 0.3) is 0 Å². The quantitative estimate of drug-likeness (QED) is 0.637. The van der Waals surface area contributed by atoms with Crippen molar-refractivity contribution in [3.63, 3.8) is 0 Å². The summed E-state index contributed by atoms with van der Waals surface area (Å²) in [5, 5.41) is 2.87. The highest BCUT2D eigenvalue weighted by atomic mass is 16.5. The molecule has 1 N–H and O–H groups in total. The zero-order valence-electron chi connectivity index (χ0n) is 16.6. The lowest BCUT2D eigenvalue weighted by Gasteiger charge is -2.38. The Bertz CT molecular complexity index is 1000. The maximum atomic E-state index is 13.3. The van der Waals surface area contributed by atoms with Crippen LogP contribution < -0.4 is 10.1 Å². The Labute approximate surface area is 169 Å². The number of para-hydroxylation sites is 2. The Kier molecular flexibility index (Phi) is 4.65. The molecule has 2 aromatic carbocycles. The van der Waals surface area contributed by atoms with E-state index < -0.39 is 29.1 Å². The summed E-state index contributed by atoms with van der Waals surface area (Å²) in [5.74, 6) is -1.98. The van der Waals surface area contributed by atoms with Gasteiger partial charge in [-0.15, -0.1) is 0 Å². The number of hydrogen-bond acceptors (Lipinski definition) is 5. The van der Waals surface area contributed by atoms with E-state index in [0.29, 0.717) is 11.4 Å². The predicted molar refractivity (Wildman–Crippen MR) is 107 cm³/mol. The molecule has 4 rings (SSSR count). The second-order valence-corrected chi connectivity index (χ2v) is 7.67. The molecule has 1 saturated carbocycles. The second-order valence-electron chi connectivity index (χ2n) is 7.67. The number of amides is 1. The number of ether oxygens (including phenoxy) is 2. The molecule has 0 bridgehead atoms. The molecule has 1 aliphatic carbocycles. The Morgan fingerprint density at radius 2 is 1.69 bits per heavy atom. The van der Waals surface area contributed by atoms with Gasteiger partial charge in [0.2, 0.25) is 5.91 Å². The topological polar surface area (TPSA) is 81.7 Å². The third-order valence-corrected chi connectivity index (χ3v) is 6.37. The van der Waals surface area contributed by atoms with E-state index in [1.165, 1.54) is 14.0 Å². The number of nitrogens with one attached hydrogen (secondary N) is 1. The van der Waals surface area contributed by atoms with Gasteiger partial charge >= 0.3 is 5.97 Å². The molecule has 1 amide bonds. The van der Waals surface area contributed by atoms with Crippen molar-refractivity contribution < 1.29 is 23.9 Å². The zero-order chi connectivity index (χ0) is 20.8. The molecule has 0 aromatic heterocycles. The maximum absolute atomic E-state index is 13.3. The SMILES string of the molecule is COC(=O)[C@]12C[C@H](c3ccccc3OC)[C@H](C(C)=O)[C@H]1c1ccccc1NC2=O. The first-order valence-electron chi connectivity index (χ1n) is 9.57. The number of anilines is 1. The van der Waals surface area contributed by atoms with Crippen molar-refractivity contribution in [2.45, 2.75) is 25.2 Å². The predicted octanol–water partition coefficient (Wildman–Crippen LogP) is 3.28. The van der Waals surface area contributed by atoms with Crippen molar-refractivity contribution >= 4 is 23.3 Å². The normalized spacial score (nSPS) is 27.4. The molecular formula is C23H23NO5. The molecule has 150 valence electrons. The van der Waals surface area contributed by atoms with Crippen LogP contribution in [0.2, 0.25) is 0 Å². The Morgan fingerprint density at radius 3 is 2.34 bits per heavy atom. The largest absolute Gasteiger partial charge is 0.496 e. The fourth-order valence-corrected chi connectivity index (χ4v) is 5.23. The lowest BCUT2D eigenvalue weighted by molar-refractivity contribution is -0.158. The van der Waals surface area contributed by atoms with Gasteiger partial charge in [-0.05, 0) is 42.5 Å². The number of carbonyl (C=O) groups excluding carboxylic acids is 3. The summed E-state index contributed by atoms with van der Waals surface area (Å²) in [6.07, 6.45) is 0.176. The van der Waals surface area contributed by atoms with Crippen LogP contribution >= 0.6 is 0 Å². The van der Waals surface area contributed by atoms with E-state index in [1.807, 2.05) is 42.5 Å². The summed E-state index contributed by atoms with van der Waals surface area (Å²) in [5.41, 5.74) is 0.771. The highest BCUT2D eigenvalue weighted by Gasteiger charge is 2.66. The van der Waals surface area contributed by atoms with Crippen LogP contribution in [0.3, 0.4) is 0 Å². The van der Waals surface area contributed by atoms with Crippen molar-refractivity contribution in [2.75, 3.05) is 19.5 Å². The molecule has 6 nitrogen and oxygen atoms in total. The number of hydrogen-bond donors (Lipinski definition) is 1. The summed E-state index contributed by atoms with van der Waals surface area (Å²) in [6, 6.07) is 14.8. The van der Waals surface area contributed by atoms with Crippen LogP contribution in [0.5, 0.6) is 5.75 Å². The molecular weight excluding hydrogens is 370 g/mol. The molecule has 0 radical (unpaired) electrons. The van der Waals surface area contributed by atoms with Crippen molar-refractivity contribution in [1.29, 1.82) is 0 Å². The molecule has 6 heteroatoms. The smallest absolute Gasteiger partial charge is 0.322 e. The molecule has 1 fully saturated rings. The van der Waals surface area contributed by atoms with E-state index >= 15 is 0 Å². The third kappa shape index (κ3) is 2.66. The number of Topliss-reactive ketones (excluding diaryl/α,β-unsaturated/α-hetero) is 1. The Hall–Kier alpha value is -3.15. The molecule has 0 spiro atoms. The molecule has 1 aliphatic heterocycles. The summed E-state index contributed by atoms with van der Waals surface area (Å²) in [7, 11) is 2.85. The number of esters is 1. The summed E-state index contributed by atoms with van der Waals surface area (Å²) in [4.78, 5) is 39.3. The van der Waals surface area contributed by atoms with E-state index in [1.54, 1.807) is 13.2 Å². The van der Waals surface area contributed by atoms with E-state index in [-0.39, 0.29) is 18.1 Å². The van der Waals surface area contributed by atoms with Crippen LogP contribution in [-0.2, 0) is 19.1 Å². The summed E-state index contributed by atoms with van der Waals surface area (Å²) in [6.45, 7) is 1.52. The van der Waals surface area contributed by atoms with Crippen LogP contribution in [0, 0.1) is 11.3 Å². The van der Waals surface area contributed by atoms with Crippen LogP contribution in [0.25, 0.3) is 0 Å². The van der Waals surface area contributed by atoms with E-state index in [4.69, 9.17) is 9.47 Å². The van der Waals surface area contributed by atoms with Crippen LogP contribution in [-0.4, -0.2) is 31.9 Å². The van der Waals surface area contributed by atoms with Gasteiger partial charge in [0.15, 0.2) is 5.41 Å². The van der Waals surface area contributed by atoms with Crippen LogP contribution in [0.15, 0.2) is 48.5 Å². The third-order valence-electron chi connectivity index (χ3n) is 6.37. The highest BCUT2D eigenvalue weighted by molar-refractivity contribution is 6.13. The minimum Gasteiger partial charge on any atom is -0.496 e. The van der Waals surface area contributed by atoms with Gasteiger partial charge in [-0.2, -0.15) is 0 Å². The average molecular weight is 393 g/mol. The molecule has 2 aliphatic rings. The van der Waals surface area contributed by atoms with Gasteiger partial charge < -0.3 is 14.8 Å². The molecule has 0 saturated heterocycles. The van der Waals surface area contributed by atoms with Gasteiger partial charge in [0.05, 0.1) is 14.2 Å². The van der Waals surface area contributed by atoms with Crippen molar-refractivity contribution in [2.24, 2.45) is 11.3 Å². The standard InChI is InChI=1S/C23H23NO5/c1-13(25)19-16(14-8-5-7-11-18(14)28-2)12-23(22(27)29-3)20(19)15-9-4-6-10-17(15)24-21(23)26/h4-11,16,19-20H,12H2,1-3H3,(H,24,26)/t16-,19+,20-,23-/m1/s1. The lowest BCUT2D eigenvalue weighted by Crippen LogP contribution is -2.50. The summed E-state index contributed by atoms with van der Waals surface area (Å²) >= 11 is 0. The molecule has 2 aromatic rings. The lowest BCUT2D eigenvalue weighted by atomic mass is 9.67. The van der Waals surface area contributed by atoms with E-state index in [2.05, 4.69) is 5.32 Å². The number of ketones is 1. The maximum Gasteiger partial charge on any atom is 0.322 e. The Balaban J connectivity index is 1.98. The van der Waals surface area contributed by atoms with Gasteiger partial charge in [-0.1, -0.05) is 36.4 Å². The van der Waals surface area contributed by atoms with Gasteiger partial charge in [-0.3, -0.25) is 14.4 Å². The number of rotatable bonds is 4. The summed E-state index contributed by atoms with van der Waals surface area (Å²) < 4.78 is 10.6. The molecule has 4 atom stereocenters. The average Bonchev–Trinajstić information content (AvgIpc) is 3.11. The Morgan fingerprint density at radius 1 is 1.03 bits per heavy atom.